The number of carboxylic acids is 1. The van der Waals surface area contributed by atoms with Gasteiger partial charge in [0.25, 0.3) is 0 Å². The maximum atomic E-state index is 11.0. The Morgan fingerprint density at radius 1 is 1.24 bits per heavy atom. The average Bonchev–Trinajstić information content (AvgIpc) is 2.38. The lowest BCUT2D eigenvalue weighted by atomic mass is 10.2. The van der Waals surface area contributed by atoms with Gasteiger partial charge in [-0.1, -0.05) is 30.3 Å². The van der Waals surface area contributed by atoms with Gasteiger partial charge >= 0.3 is 5.97 Å². The molecular formula is C13H12N2O2. The summed E-state index contributed by atoms with van der Waals surface area (Å²) >= 11 is 0. The summed E-state index contributed by atoms with van der Waals surface area (Å²) in [5.74, 6) is -0.956. The van der Waals surface area contributed by atoms with Gasteiger partial charge in [0.15, 0.2) is 0 Å². The number of benzene rings is 1. The molecule has 0 bridgehead atoms. The fourth-order valence-electron chi connectivity index (χ4n) is 1.51. The summed E-state index contributed by atoms with van der Waals surface area (Å²) in [7, 11) is 0. The molecule has 2 rings (SSSR count). The van der Waals surface area contributed by atoms with Crippen LogP contribution >= 0.6 is 0 Å². The molecule has 0 fully saturated rings. The predicted molar refractivity (Wildman–Crippen MR) is 65.0 cm³/mol. The fraction of sp³-hybridized carbons (Fsp3) is 0.0769. The topological polar surface area (TPSA) is 62.2 Å². The molecule has 0 aliphatic carbocycles. The predicted octanol–water partition coefficient (Wildman–Crippen LogP) is 2.39. The van der Waals surface area contributed by atoms with Crippen LogP contribution in [0.1, 0.15) is 15.9 Å². The van der Waals surface area contributed by atoms with Crippen LogP contribution in [0.3, 0.4) is 0 Å². The molecule has 1 heterocycles. The summed E-state index contributed by atoms with van der Waals surface area (Å²) in [6.07, 6.45) is 2.99. The normalized spacial score (nSPS) is 9.88. The Morgan fingerprint density at radius 3 is 2.71 bits per heavy atom. The van der Waals surface area contributed by atoms with Gasteiger partial charge in [0.1, 0.15) is 0 Å². The monoisotopic (exact) mass is 228 g/mol. The second-order valence-electron chi connectivity index (χ2n) is 3.57. The largest absolute Gasteiger partial charge is 0.478 e. The first kappa shape index (κ1) is 11.1. The zero-order valence-corrected chi connectivity index (χ0v) is 9.13. The highest BCUT2D eigenvalue weighted by atomic mass is 16.4. The number of anilines is 1. The Morgan fingerprint density at radius 2 is 2.00 bits per heavy atom. The number of carbonyl (C=O) groups is 1. The molecule has 1 aromatic heterocycles. The molecule has 0 atom stereocenters. The molecule has 4 nitrogen and oxygen atoms in total. The molecule has 0 unspecified atom stereocenters. The van der Waals surface area contributed by atoms with Crippen molar-refractivity contribution >= 4 is 11.7 Å². The lowest BCUT2D eigenvalue weighted by Gasteiger charge is -2.08. The zero-order valence-electron chi connectivity index (χ0n) is 9.13. The van der Waals surface area contributed by atoms with E-state index in [4.69, 9.17) is 5.11 Å². The van der Waals surface area contributed by atoms with Crippen LogP contribution in [0.4, 0.5) is 5.69 Å². The average molecular weight is 228 g/mol. The van der Waals surface area contributed by atoms with E-state index in [2.05, 4.69) is 10.3 Å². The summed E-state index contributed by atoms with van der Waals surface area (Å²) in [6.45, 7) is 0.576. The Labute approximate surface area is 98.9 Å². The second kappa shape index (κ2) is 5.12. The van der Waals surface area contributed by atoms with Gasteiger partial charge in [-0.05, 0) is 11.6 Å². The number of carboxylic acid groups (broad SMARTS) is 1. The number of nitrogens with one attached hydrogen (secondary N) is 1. The van der Waals surface area contributed by atoms with Crippen LogP contribution in [0.15, 0.2) is 48.8 Å². The van der Waals surface area contributed by atoms with E-state index >= 15 is 0 Å². The number of nitrogens with zero attached hydrogens (tertiary/aromatic N) is 1. The van der Waals surface area contributed by atoms with E-state index in [0.29, 0.717) is 12.2 Å². The van der Waals surface area contributed by atoms with Crippen molar-refractivity contribution in [3.63, 3.8) is 0 Å². The highest BCUT2D eigenvalue weighted by Crippen LogP contribution is 2.14. The molecule has 0 aliphatic rings. The van der Waals surface area contributed by atoms with E-state index in [1.807, 2.05) is 30.3 Å². The van der Waals surface area contributed by atoms with Crippen LogP contribution in [0.25, 0.3) is 0 Å². The number of aromatic carboxylic acids is 1. The van der Waals surface area contributed by atoms with Gasteiger partial charge < -0.3 is 10.4 Å². The van der Waals surface area contributed by atoms with Gasteiger partial charge in [-0.15, -0.1) is 0 Å². The Bertz CT molecular complexity index is 512. The van der Waals surface area contributed by atoms with Gasteiger partial charge in [-0.3, -0.25) is 4.98 Å². The smallest absolute Gasteiger partial charge is 0.337 e. The summed E-state index contributed by atoms with van der Waals surface area (Å²) in [4.78, 5) is 14.9. The maximum Gasteiger partial charge on any atom is 0.337 e. The van der Waals surface area contributed by atoms with Crippen molar-refractivity contribution in [3.05, 3.63) is 59.9 Å². The van der Waals surface area contributed by atoms with Gasteiger partial charge in [-0.2, -0.15) is 0 Å². The minimum Gasteiger partial charge on any atom is -0.478 e. The first-order valence-electron chi connectivity index (χ1n) is 5.22. The lowest BCUT2D eigenvalue weighted by Crippen LogP contribution is -2.06. The van der Waals surface area contributed by atoms with Crippen LogP contribution in [0.5, 0.6) is 0 Å². The van der Waals surface area contributed by atoms with Crippen LogP contribution < -0.4 is 5.32 Å². The van der Waals surface area contributed by atoms with Crippen molar-refractivity contribution in [2.24, 2.45) is 0 Å². The number of aromatic nitrogens is 1. The SMILES string of the molecule is O=C(O)c1ccncc1NCc1ccccc1. The Hall–Kier alpha value is -2.36. The van der Waals surface area contributed by atoms with E-state index < -0.39 is 5.97 Å². The van der Waals surface area contributed by atoms with E-state index in [9.17, 15) is 4.79 Å². The van der Waals surface area contributed by atoms with E-state index in [0.717, 1.165) is 5.56 Å². The molecular weight excluding hydrogens is 216 g/mol. The molecule has 1 aromatic carbocycles. The Balaban J connectivity index is 2.12. The molecule has 0 spiro atoms. The molecule has 0 amide bonds. The van der Waals surface area contributed by atoms with Crippen molar-refractivity contribution in [1.82, 2.24) is 4.98 Å². The molecule has 2 aromatic rings. The van der Waals surface area contributed by atoms with Crippen molar-refractivity contribution in [3.8, 4) is 0 Å². The highest BCUT2D eigenvalue weighted by Gasteiger charge is 2.08. The molecule has 86 valence electrons. The summed E-state index contributed by atoms with van der Waals surface area (Å²) < 4.78 is 0. The molecule has 0 radical (unpaired) electrons. The van der Waals surface area contributed by atoms with Crippen molar-refractivity contribution in [2.75, 3.05) is 5.32 Å². The molecule has 4 heteroatoms. The first-order valence-corrected chi connectivity index (χ1v) is 5.22. The fourth-order valence-corrected chi connectivity index (χ4v) is 1.51. The minimum absolute atomic E-state index is 0.232. The third-order valence-corrected chi connectivity index (χ3v) is 2.38. The molecule has 17 heavy (non-hydrogen) atoms. The van der Waals surface area contributed by atoms with Crippen LogP contribution in [-0.2, 0) is 6.54 Å². The van der Waals surface area contributed by atoms with E-state index in [-0.39, 0.29) is 5.56 Å². The summed E-state index contributed by atoms with van der Waals surface area (Å²) in [5.41, 5.74) is 1.85. The van der Waals surface area contributed by atoms with Gasteiger partial charge in [0.05, 0.1) is 17.4 Å². The zero-order chi connectivity index (χ0) is 12.1. The summed E-state index contributed by atoms with van der Waals surface area (Å²) in [5, 5.41) is 12.1. The van der Waals surface area contributed by atoms with Crippen molar-refractivity contribution in [1.29, 1.82) is 0 Å². The number of pyridine rings is 1. The van der Waals surface area contributed by atoms with Gasteiger partial charge in [0, 0.05) is 12.7 Å². The molecule has 0 saturated heterocycles. The van der Waals surface area contributed by atoms with Crippen molar-refractivity contribution in [2.45, 2.75) is 6.54 Å². The van der Waals surface area contributed by atoms with Crippen LogP contribution in [0, 0.1) is 0 Å². The third kappa shape index (κ3) is 2.81. The van der Waals surface area contributed by atoms with Gasteiger partial charge in [-0.25, -0.2) is 4.79 Å². The number of hydrogen-bond donors (Lipinski definition) is 2. The molecule has 0 saturated carbocycles. The standard InChI is InChI=1S/C13H12N2O2/c16-13(17)11-6-7-14-9-12(11)15-8-10-4-2-1-3-5-10/h1-7,9,15H,8H2,(H,16,17). The van der Waals surface area contributed by atoms with Crippen LogP contribution in [0.2, 0.25) is 0 Å². The second-order valence-corrected chi connectivity index (χ2v) is 3.57. The minimum atomic E-state index is -0.956. The third-order valence-electron chi connectivity index (χ3n) is 2.38. The van der Waals surface area contributed by atoms with Crippen molar-refractivity contribution < 1.29 is 9.90 Å². The van der Waals surface area contributed by atoms with Gasteiger partial charge in [0.2, 0.25) is 0 Å². The molecule has 2 N–H and O–H groups in total. The molecule has 0 aliphatic heterocycles. The first-order chi connectivity index (χ1) is 8.27. The number of rotatable bonds is 4. The lowest BCUT2D eigenvalue weighted by molar-refractivity contribution is 0.0698. The van der Waals surface area contributed by atoms with E-state index in [1.165, 1.54) is 18.5 Å². The number of hydrogen-bond acceptors (Lipinski definition) is 3. The quantitative estimate of drug-likeness (QED) is 0.843. The summed E-state index contributed by atoms with van der Waals surface area (Å²) in [6, 6.07) is 11.3. The highest BCUT2D eigenvalue weighted by molar-refractivity contribution is 5.93. The Kier molecular flexibility index (Phi) is 3.35. The van der Waals surface area contributed by atoms with E-state index in [1.54, 1.807) is 0 Å². The van der Waals surface area contributed by atoms with Crippen LogP contribution in [-0.4, -0.2) is 16.1 Å². The maximum absolute atomic E-state index is 11.0.